The molecule has 124 valence electrons. The lowest BCUT2D eigenvalue weighted by Crippen LogP contribution is -2.57. The smallest absolute Gasteiger partial charge is 0.254 e. The van der Waals surface area contributed by atoms with Gasteiger partial charge >= 0.3 is 0 Å². The van der Waals surface area contributed by atoms with Crippen LogP contribution in [0.1, 0.15) is 17.3 Å². The van der Waals surface area contributed by atoms with E-state index in [9.17, 15) is 9.59 Å². The number of carbonyl (C=O) groups is 2. The number of hydrogen-bond donors (Lipinski definition) is 0. The van der Waals surface area contributed by atoms with E-state index in [1.807, 2.05) is 30.3 Å². The fourth-order valence-electron chi connectivity index (χ4n) is 2.82. The highest BCUT2D eigenvalue weighted by molar-refractivity contribution is 9.10. The molecule has 0 radical (unpaired) electrons. The predicted molar refractivity (Wildman–Crippen MR) is 98.4 cm³/mol. The third-order valence-electron chi connectivity index (χ3n) is 4.15. The van der Waals surface area contributed by atoms with Crippen LogP contribution < -0.4 is 4.90 Å². The van der Waals surface area contributed by atoms with Crippen molar-refractivity contribution in [3.05, 3.63) is 63.6 Å². The summed E-state index contributed by atoms with van der Waals surface area (Å²) in [6.45, 7) is 2.64. The zero-order chi connectivity index (χ0) is 17.3. The molecule has 1 heterocycles. The molecular weight excluding hydrogens is 392 g/mol. The van der Waals surface area contributed by atoms with Crippen molar-refractivity contribution in [1.29, 1.82) is 0 Å². The van der Waals surface area contributed by atoms with Gasteiger partial charge in [0, 0.05) is 23.1 Å². The molecule has 1 aliphatic heterocycles. The molecule has 0 aromatic heterocycles. The summed E-state index contributed by atoms with van der Waals surface area (Å²) in [5, 5.41) is 0.533. The summed E-state index contributed by atoms with van der Waals surface area (Å²) in [6.07, 6.45) is 0. The van der Waals surface area contributed by atoms with Crippen LogP contribution in [0.3, 0.4) is 0 Å². The van der Waals surface area contributed by atoms with Gasteiger partial charge in [-0.15, -0.1) is 0 Å². The lowest BCUT2D eigenvalue weighted by atomic mass is 10.1. The van der Waals surface area contributed by atoms with Gasteiger partial charge < -0.3 is 9.80 Å². The Labute approximate surface area is 154 Å². The van der Waals surface area contributed by atoms with Crippen molar-refractivity contribution in [1.82, 2.24) is 4.90 Å². The van der Waals surface area contributed by atoms with E-state index in [-0.39, 0.29) is 11.8 Å². The van der Waals surface area contributed by atoms with E-state index in [1.165, 1.54) is 0 Å². The first kappa shape index (κ1) is 17.0. The minimum atomic E-state index is -0.536. The van der Waals surface area contributed by atoms with E-state index in [4.69, 9.17) is 11.6 Å². The Hall–Kier alpha value is -1.85. The van der Waals surface area contributed by atoms with Crippen molar-refractivity contribution >= 4 is 45.0 Å². The highest BCUT2D eigenvalue weighted by Gasteiger charge is 2.35. The third kappa shape index (κ3) is 3.19. The summed E-state index contributed by atoms with van der Waals surface area (Å²) < 4.78 is 0.909. The normalized spacial score (nSPS) is 18.0. The first-order valence-corrected chi connectivity index (χ1v) is 8.78. The van der Waals surface area contributed by atoms with Crippen LogP contribution in [-0.4, -0.2) is 35.8 Å². The molecule has 0 N–H and O–H groups in total. The van der Waals surface area contributed by atoms with Gasteiger partial charge in [0.2, 0.25) is 5.91 Å². The molecule has 0 spiro atoms. The SMILES string of the molecule is CC1C(=O)N(c2ccccc2Cl)CCN1C(=O)c1ccc(Br)cc1. The maximum Gasteiger partial charge on any atom is 0.254 e. The number of hydrogen-bond acceptors (Lipinski definition) is 2. The number of amides is 2. The van der Waals surface area contributed by atoms with E-state index >= 15 is 0 Å². The summed E-state index contributed by atoms with van der Waals surface area (Å²) in [4.78, 5) is 28.7. The van der Waals surface area contributed by atoms with E-state index in [2.05, 4.69) is 15.9 Å². The number of rotatable bonds is 2. The fraction of sp³-hybridized carbons (Fsp3) is 0.222. The predicted octanol–water partition coefficient (Wildman–Crippen LogP) is 3.98. The van der Waals surface area contributed by atoms with Gasteiger partial charge in [-0.1, -0.05) is 39.7 Å². The Morgan fingerprint density at radius 3 is 2.46 bits per heavy atom. The third-order valence-corrected chi connectivity index (χ3v) is 5.00. The maximum atomic E-state index is 12.7. The molecule has 1 fully saturated rings. The highest BCUT2D eigenvalue weighted by atomic mass is 79.9. The quantitative estimate of drug-likeness (QED) is 0.755. The molecule has 1 aliphatic rings. The van der Waals surface area contributed by atoms with Crippen molar-refractivity contribution in [3.63, 3.8) is 0 Å². The van der Waals surface area contributed by atoms with Crippen LogP contribution in [0.2, 0.25) is 5.02 Å². The summed E-state index contributed by atoms with van der Waals surface area (Å²) in [6, 6.07) is 13.9. The second kappa shape index (κ2) is 6.95. The Balaban J connectivity index is 1.81. The number of nitrogens with zero attached hydrogens (tertiary/aromatic N) is 2. The summed E-state index contributed by atoms with van der Waals surface area (Å²) in [7, 11) is 0. The number of carbonyl (C=O) groups excluding carboxylic acids is 2. The van der Waals surface area contributed by atoms with Crippen molar-refractivity contribution < 1.29 is 9.59 Å². The van der Waals surface area contributed by atoms with Gasteiger partial charge in [0.05, 0.1) is 10.7 Å². The molecule has 24 heavy (non-hydrogen) atoms. The molecule has 0 saturated carbocycles. The van der Waals surface area contributed by atoms with Crippen LogP contribution in [0, 0.1) is 0 Å². The van der Waals surface area contributed by atoms with Crippen molar-refractivity contribution in [2.75, 3.05) is 18.0 Å². The van der Waals surface area contributed by atoms with Crippen LogP contribution in [0.25, 0.3) is 0 Å². The van der Waals surface area contributed by atoms with Crippen molar-refractivity contribution in [2.24, 2.45) is 0 Å². The lowest BCUT2D eigenvalue weighted by Gasteiger charge is -2.39. The number of para-hydroxylation sites is 1. The molecule has 1 atom stereocenters. The molecule has 0 aliphatic carbocycles. The van der Waals surface area contributed by atoms with E-state index < -0.39 is 6.04 Å². The van der Waals surface area contributed by atoms with Gasteiger partial charge in [-0.2, -0.15) is 0 Å². The summed E-state index contributed by atoms with van der Waals surface area (Å²) in [5.41, 5.74) is 1.26. The molecule has 1 unspecified atom stereocenters. The Bertz CT molecular complexity index is 779. The van der Waals surface area contributed by atoms with Crippen LogP contribution in [-0.2, 0) is 4.79 Å². The van der Waals surface area contributed by atoms with Gasteiger partial charge in [-0.3, -0.25) is 9.59 Å². The zero-order valence-electron chi connectivity index (χ0n) is 13.1. The average molecular weight is 408 g/mol. The number of benzene rings is 2. The molecule has 0 bridgehead atoms. The highest BCUT2D eigenvalue weighted by Crippen LogP contribution is 2.28. The number of anilines is 1. The van der Waals surface area contributed by atoms with Gasteiger partial charge in [-0.25, -0.2) is 0 Å². The fourth-order valence-corrected chi connectivity index (χ4v) is 3.32. The van der Waals surface area contributed by atoms with Gasteiger partial charge in [0.1, 0.15) is 6.04 Å². The van der Waals surface area contributed by atoms with Crippen LogP contribution >= 0.6 is 27.5 Å². The molecule has 2 amide bonds. The molecule has 1 saturated heterocycles. The van der Waals surface area contributed by atoms with Gasteiger partial charge in [-0.05, 0) is 43.3 Å². The minimum absolute atomic E-state index is 0.125. The molecular formula is C18H16BrClN2O2. The van der Waals surface area contributed by atoms with Gasteiger partial charge in [0.15, 0.2) is 0 Å². The van der Waals surface area contributed by atoms with E-state index in [0.29, 0.717) is 29.4 Å². The summed E-state index contributed by atoms with van der Waals surface area (Å²) in [5.74, 6) is -0.262. The molecule has 4 nitrogen and oxygen atoms in total. The maximum absolute atomic E-state index is 12.7. The molecule has 2 aromatic rings. The van der Waals surface area contributed by atoms with Crippen LogP contribution in [0.5, 0.6) is 0 Å². The monoisotopic (exact) mass is 406 g/mol. The topological polar surface area (TPSA) is 40.6 Å². The van der Waals surface area contributed by atoms with Gasteiger partial charge in [0.25, 0.3) is 5.91 Å². The number of halogens is 2. The van der Waals surface area contributed by atoms with Crippen molar-refractivity contribution in [2.45, 2.75) is 13.0 Å². The molecule has 6 heteroatoms. The minimum Gasteiger partial charge on any atom is -0.325 e. The van der Waals surface area contributed by atoms with Crippen LogP contribution in [0.15, 0.2) is 53.0 Å². The average Bonchev–Trinajstić information content (AvgIpc) is 2.58. The van der Waals surface area contributed by atoms with Crippen molar-refractivity contribution in [3.8, 4) is 0 Å². The van der Waals surface area contributed by atoms with Crippen LogP contribution in [0.4, 0.5) is 5.69 Å². The summed E-state index contributed by atoms with van der Waals surface area (Å²) >= 11 is 9.56. The molecule has 2 aromatic carbocycles. The first-order chi connectivity index (χ1) is 11.5. The number of piperazine rings is 1. The van der Waals surface area contributed by atoms with E-state index in [0.717, 1.165) is 4.47 Å². The Morgan fingerprint density at radius 1 is 1.12 bits per heavy atom. The first-order valence-electron chi connectivity index (χ1n) is 7.61. The lowest BCUT2D eigenvalue weighted by molar-refractivity contribution is -0.124. The van der Waals surface area contributed by atoms with E-state index in [1.54, 1.807) is 34.9 Å². The Morgan fingerprint density at radius 2 is 1.79 bits per heavy atom. The largest absolute Gasteiger partial charge is 0.325 e. The Kier molecular flexibility index (Phi) is 4.92. The standard InChI is InChI=1S/C18H16BrClN2O2/c1-12-17(23)22(16-5-3-2-4-15(16)20)11-10-21(12)18(24)13-6-8-14(19)9-7-13/h2-9,12H,10-11H2,1H3. The zero-order valence-corrected chi connectivity index (χ0v) is 15.4. The second-order valence-corrected chi connectivity index (χ2v) is 6.95. The molecule has 3 rings (SSSR count). The second-order valence-electron chi connectivity index (χ2n) is 5.62.